The fourth-order valence-electron chi connectivity index (χ4n) is 3.01. The monoisotopic (exact) mass is 394 g/mol. The average Bonchev–Trinajstić information content (AvgIpc) is 2.66. The van der Waals surface area contributed by atoms with Gasteiger partial charge in [0, 0.05) is 6.08 Å². The molecular formula is C20H21F3N2O3. The first-order chi connectivity index (χ1) is 13.1. The van der Waals surface area contributed by atoms with Crippen molar-refractivity contribution in [1.82, 2.24) is 5.32 Å². The van der Waals surface area contributed by atoms with Crippen molar-refractivity contribution in [2.75, 3.05) is 0 Å². The Bertz CT molecular complexity index is 791. The second-order valence-electron chi connectivity index (χ2n) is 6.78. The number of hydrogen-bond donors (Lipinski definition) is 1. The number of hydrogen-bond acceptors (Lipinski definition) is 4. The standard InChI is InChI=1S/C20H21F3N2O3/c1-14(18(27)25-19(13-24)10-3-2-4-11-19)28-17(26)9-8-15-6-5-7-16(12-15)20(21,22)23/h5-9,12,14H,2-4,10-11H2,1H3,(H,25,27)/b9-8+/t14-/m1/s1. The van der Waals surface area contributed by atoms with E-state index in [2.05, 4.69) is 11.4 Å². The van der Waals surface area contributed by atoms with Crippen molar-refractivity contribution in [1.29, 1.82) is 5.26 Å². The van der Waals surface area contributed by atoms with E-state index in [-0.39, 0.29) is 5.56 Å². The maximum absolute atomic E-state index is 12.7. The van der Waals surface area contributed by atoms with Crippen molar-refractivity contribution in [3.05, 3.63) is 41.5 Å². The fourth-order valence-corrected chi connectivity index (χ4v) is 3.01. The molecule has 0 heterocycles. The zero-order valence-electron chi connectivity index (χ0n) is 15.4. The zero-order chi connectivity index (χ0) is 20.8. The van der Waals surface area contributed by atoms with Crippen LogP contribution in [0.25, 0.3) is 6.08 Å². The molecule has 1 saturated carbocycles. The molecule has 1 aliphatic rings. The van der Waals surface area contributed by atoms with Gasteiger partial charge in [0.25, 0.3) is 5.91 Å². The Morgan fingerprint density at radius 2 is 1.96 bits per heavy atom. The van der Waals surface area contributed by atoms with Gasteiger partial charge in [-0.3, -0.25) is 4.79 Å². The quantitative estimate of drug-likeness (QED) is 0.605. The minimum absolute atomic E-state index is 0.175. The van der Waals surface area contributed by atoms with Gasteiger partial charge in [0.15, 0.2) is 6.10 Å². The molecule has 0 spiro atoms. The SMILES string of the molecule is C[C@@H](OC(=O)/C=C/c1cccc(C(F)(F)F)c1)C(=O)NC1(C#N)CCCCC1. The molecule has 0 aromatic heterocycles. The molecule has 1 N–H and O–H groups in total. The highest BCUT2D eigenvalue weighted by Gasteiger charge is 2.35. The number of halogens is 3. The van der Waals surface area contributed by atoms with Crippen LogP contribution in [0.5, 0.6) is 0 Å². The summed E-state index contributed by atoms with van der Waals surface area (Å²) in [5.74, 6) is -1.45. The van der Waals surface area contributed by atoms with Crippen LogP contribution in [0.4, 0.5) is 13.2 Å². The molecule has 1 aliphatic carbocycles. The molecule has 1 fully saturated rings. The number of nitrogens with one attached hydrogen (secondary N) is 1. The summed E-state index contributed by atoms with van der Waals surface area (Å²) in [7, 11) is 0. The van der Waals surface area contributed by atoms with E-state index in [1.165, 1.54) is 25.1 Å². The summed E-state index contributed by atoms with van der Waals surface area (Å²) in [6.07, 6.45) is 0.294. The molecule has 150 valence electrons. The van der Waals surface area contributed by atoms with Crippen LogP contribution in [0.15, 0.2) is 30.3 Å². The summed E-state index contributed by atoms with van der Waals surface area (Å²) in [4.78, 5) is 24.1. The van der Waals surface area contributed by atoms with Crippen LogP contribution in [0.1, 0.15) is 50.2 Å². The molecule has 1 aromatic rings. The summed E-state index contributed by atoms with van der Waals surface area (Å²) >= 11 is 0. The maximum Gasteiger partial charge on any atom is 0.416 e. The predicted octanol–water partition coefficient (Wildman–Crippen LogP) is 3.99. The van der Waals surface area contributed by atoms with Crippen LogP contribution in [-0.2, 0) is 20.5 Å². The van der Waals surface area contributed by atoms with Gasteiger partial charge in [-0.15, -0.1) is 0 Å². The molecule has 2 rings (SSSR count). The summed E-state index contributed by atoms with van der Waals surface area (Å²) in [6.45, 7) is 1.37. The number of nitrogens with zero attached hydrogens (tertiary/aromatic N) is 1. The van der Waals surface area contributed by atoms with E-state index in [1.54, 1.807) is 0 Å². The number of esters is 1. The fraction of sp³-hybridized carbons (Fsp3) is 0.450. The predicted molar refractivity (Wildman–Crippen MR) is 95.6 cm³/mol. The Labute approximate surface area is 161 Å². The summed E-state index contributed by atoms with van der Waals surface area (Å²) in [5.41, 5.74) is -1.59. The third kappa shape index (κ3) is 5.84. The van der Waals surface area contributed by atoms with Crippen LogP contribution in [0, 0.1) is 11.3 Å². The van der Waals surface area contributed by atoms with E-state index in [4.69, 9.17) is 4.74 Å². The highest BCUT2D eigenvalue weighted by Crippen LogP contribution is 2.30. The van der Waals surface area contributed by atoms with Gasteiger partial charge in [-0.1, -0.05) is 31.4 Å². The van der Waals surface area contributed by atoms with E-state index < -0.39 is 35.3 Å². The largest absolute Gasteiger partial charge is 0.449 e. The van der Waals surface area contributed by atoms with Crippen molar-refractivity contribution < 1.29 is 27.5 Å². The van der Waals surface area contributed by atoms with Gasteiger partial charge >= 0.3 is 12.1 Å². The van der Waals surface area contributed by atoms with E-state index in [0.717, 1.165) is 37.5 Å². The summed E-state index contributed by atoms with van der Waals surface area (Å²) < 4.78 is 43.1. The molecule has 0 radical (unpaired) electrons. The molecule has 0 aliphatic heterocycles. The smallest absolute Gasteiger partial charge is 0.416 e. The highest BCUT2D eigenvalue weighted by molar-refractivity contribution is 5.90. The molecule has 0 bridgehead atoms. The first-order valence-electron chi connectivity index (χ1n) is 8.94. The third-order valence-electron chi connectivity index (χ3n) is 4.57. The van der Waals surface area contributed by atoms with Gasteiger partial charge < -0.3 is 10.1 Å². The van der Waals surface area contributed by atoms with E-state index in [1.807, 2.05) is 0 Å². The van der Waals surface area contributed by atoms with Crippen molar-refractivity contribution in [2.45, 2.75) is 56.8 Å². The molecule has 8 heteroatoms. The van der Waals surface area contributed by atoms with Gasteiger partial charge in [-0.05, 0) is 43.5 Å². The average molecular weight is 394 g/mol. The molecule has 28 heavy (non-hydrogen) atoms. The lowest BCUT2D eigenvalue weighted by Crippen LogP contribution is -2.52. The van der Waals surface area contributed by atoms with Crippen molar-refractivity contribution >= 4 is 18.0 Å². The highest BCUT2D eigenvalue weighted by atomic mass is 19.4. The van der Waals surface area contributed by atoms with Gasteiger partial charge in [0.2, 0.25) is 0 Å². The van der Waals surface area contributed by atoms with Crippen LogP contribution in [0.3, 0.4) is 0 Å². The van der Waals surface area contributed by atoms with E-state index in [0.29, 0.717) is 12.8 Å². The molecule has 1 amide bonds. The maximum atomic E-state index is 12.7. The normalized spacial score (nSPS) is 17.5. The Hall–Kier alpha value is -2.82. The molecule has 1 aromatic carbocycles. The number of carbonyl (C=O) groups excluding carboxylic acids is 2. The lowest BCUT2D eigenvalue weighted by atomic mass is 9.83. The number of alkyl halides is 3. The van der Waals surface area contributed by atoms with Gasteiger partial charge in [0.05, 0.1) is 11.6 Å². The first-order valence-corrected chi connectivity index (χ1v) is 8.94. The van der Waals surface area contributed by atoms with Crippen LogP contribution in [-0.4, -0.2) is 23.5 Å². The number of ether oxygens (including phenoxy) is 1. The van der Waals surface area contributed by atoms with Crippen molar-refractivity contribution in [3.8, 4) is 6.07 Å². The summed E-state index contributed by atoms with van der Waals surface area (Å²) in [6, 6.07) is 6.62. The Morgan fingerprint density at radius 1 is 1.29 bits per heavy atom. The molecule has 1 atom stereocenters. The lowest BCUT2D eigenvalue weighted by Gasteiger charge is -2.32. The Kier molecular flexibility index (Phi) is 6.84. The number of nitriles is 1. The molecule has 0 saturated heterocycles. The summed E-state index contributed by atoms with van der Waals surface area (Å²) in [5, 5.41) is 12.0. The molecular weight excluding hydrogens is 373 g/mol. The minimum Gasteiger partial charge on any atom is -0.449 e. The van der Waals surface area contributed by atoms with Crippen molar-refractivity contribution in [2.24, 2.45) is 0 Å². The van der Waals surface area contributed by atoms with Gasteiger partial charge in [-0.2, -0.15) is 18.4 Å². The van der Waals surface area contributed by atoms with E-state index in [9.17, 15) is 28.0 Å². The second kappa shape index (κ2) is 8.91. The van der Waals surface area contributed by atoms with Gasteiger partial charge in [-0.25, -0.2) is 4.79 Å². The number of amides is 1. The van der Waals surface area contributed by atoms with Crippen LogP contribution < -0.4 is 5.32 Å². The van der Waals surface area contributed by atoms with Crippen molar-refractivity contribution in [3.63, 3.8) is 0 Å². The third-order valence-corrected chi connectivity index (χ3v) is 4.57. The first kappa shape index (κ1) is 21.5. The number of carbonyl (C=O) groups is 2. The Balaban J connectivity index is 1.94. The second-order valence-corrected chi connectivity index (χ2v) is 6.78. The van der Waals surface area contributed by atoms with E-state index >= 15 is 0 Å². The topological polar surface area (TPSA) is 79.2 Å². The number of rotatable bonds is 5. The Morgan fingerprint density at radius 3 is 2.57 bits per heavy atom. The van der Waals surface area contributed by atoms with Crippen LogP contribution >= 0.6 is 0 Å². The van der Waals surface area contributed by atoms with Gasteiger partial charge in [0.1, 0.15) is 5.54 Å². The number of benzene rings is 1. The minimum atomic E-state index is -4.48. The zero-order valence-corrected chi connectivity index (χ0v) is 15.4. The molecule has 5 nitrogen and oxygen atoms in total. The van der Waals surface area contributed by atoms with Crippen LogP contribution in [0.2, 0.25) is 0 Å². The molecule has 0 unspecified atom stereocenters. The lowest BCUT2D eigenvalue weighted by molar-refractivity contribution is -0.150.